The first kappa shape index (κ1) is 14.9. The van der Waals surface area contributed by atoms with Crippen molar-refractivity contribution < 1.29 is 19.8 Å². The fourth-order valence-corrected chi connectivity index (χ4v) is 2.15. The Kier molecular flexibility index (Phi) is 4.80. The Balaban J connectivity index is 2.03. The number of amides is 1. The lowest BCUT2D eigenvalue weighted by Gasteiger charge is -2.07. The topological polar surface area (TPSA) is 124 Å². The molecule has 9 heteroatoms. The molecule has 0 aliphatic rings. The van der Waals surface area contributed by atoms with Crippen LogP contribution in [0, 0.1) is 0 Å². The predicted molar refractivity (Wildman–Crippen MR) is 76.4 cm³/mol. The molecule has 2 aromatic heterocycles. The summed E-state index contributed by atoms with van der Waals surface area (Å²) in [5.41, 5.74) is 2.23. The van der Waals surface area contributed by atoms with E-state index in [9.17, 15) is 9.59 Å². The summed E-state index contributed by atoms with van der Waals surface area (Å²) in [7, 11) is 0. The number of pyridine rings is 1. The summed E-state index contributed by atoms with van der Waals surface area (Å²) in [6, 6.07) is 3.34. The fraction of sp³-hybridized carbons (Fsp3) is 0.167. The third-order valence-electron chi connectivity index (χ3n) is 2.46. The molecular weight excluding hydrogens is 296 g/mol. The second kappa shape index (κ2) is 6.77. The molecule has 0 saturated heterocycles. The molecule has 110 valence electrons. The van der Waals surface area contributed by atoms with Gasteiger partial charge in [-0.05, 0) is 17.7 Å². The number of hydrogen-bond donors (Lipinski definition) is 4. The van der Waals surface area contributed by atoms with E-state index in [0.29, 0.717) is 18.2 Å². The zero-order valence-corrected chi connectivity index (χ0v) is 11.6. The molecule has 0 aliphatic carbocycles. The minimum absolute atomic E-state index is 0.137. The first-order valence-electron chi connectivity index (χ1n) is 5.86. The number of nitrogens with one attached hydrogen (secondary N) is 2. The van der Waals surface area contributed by atoms with Crippen molar-refractivity contribution in [3.63, 3.8) is 0 Å². The second-order valence-corrected chi connectivity index (χ2v) is 4.80. The number of carbonyl (C=O) groups excluding carboxylic acids is 1. The number of carboxylic acids is 1. The zero-order valence-electron chi connectivity index (χ0n) is 10.7. The van der Waals surface area contributed by atoms with E-state index in [1.807, 2.05) is 0 Å². The molecule has 0 spiro atoms. The summed E-state index contributed by atoms with van der Waals surface area (Å²) in [5, 5.41) is 23.0. The molecule has 2 heterocycles. The van der Waals surface area contributed by atoms with E-state index < -0.39 is 18.5 Å². The number of carboxylic acid groups (broad SMARTS) is 1. The Hall–Kier alpha value is -2.52. The summed E-state index contributed by atoms with van der Waals surface area (Å²) in [6.07, 6.45) is 1.50. The van der Waals surface area contributed by atoms with Gasteiger partial charge in [-0.1, -0.05) is 0 Å². The summed E-state index contributed by atoms with van der Waals surface area (Å²) in [6.45, 7) is -0.292. The van der Waals surface area contributed by atoms with Crippen molar-refractivity contribution in [3.8, 4) is 0 Å². The summed E-state index contributed by atoms with van der Waals surface area (Å²) in [5.74, 6) is -0.985. The van der Waals surface area contributed by atoms with Crippen LogP contribution in [0.3, 0.4) is 0 Å². The lowest BCUT2D eigenvalue weighted by molar-refractivity contribution is -0.118. The number of aliphatic hydroxyl groups is 1. The van der Waals surface area contributed by atoms with E-state index in [2.05, 4.69) is 20.6 Å². The Labute approximate surface area is 123 Å². The van der Waals surface area contributed by atoms with Crippen molar-refractivity contribution >= 4 is 34.8 Å². The number of aromatic carboxylic acids is 1. The molecule has 0 aliphatic heterocycles. The zero-order chi connectivity index (χ0) is 15.2. The van der Waals surface area contributed by atoms with Gasteiger partial charge in [-0.2, -0.15) is 0 Å². The third kappa shape index (κ3) is 3.97. The van der Waals surface area contributed by atoms with Gasteiger partial charge in [-0.25, -0.2) is 14.8 Å². The van der Waals surface area contributed by atoms with Crippen molar-refractivity contribution in [2.45, 2.75) is 6.54 Å². The first-order chi connectivity index (χ1) is 10.1. The number of hydrogen-bond acceptors (Lipinski definition) is 7. The average molecular weight is 308 g/mol. The highest BCUT2D eigenvalue weighted by molar-refractivity contribution is 7.12. The number of thiazole rings is 1. The molecule has 0 bridgehead atoms. The number of rotatable bonds is 6. The Morgan fingerprint density at radius 2 is 2.14 bits per heavy atom. The Morgan fingerprint density at radius 1 is 1.33 bits per heavy atom. The largest absolute Gasteiger partial charge is 0.477 e. The SMILES string of the molecule is O=C(CO)Nc1cc(CNc2ncsc2C(=O)O)ccn1. The molecule has 2 rings (SSSR count). The van der Waals surface area contributed by atoms with Gasteiger partial charge in [-0.3, -0.25) is 4.79 Å². The van der Waals surface area contributed by atoms with Crippen molar-refractivity contribution in [2.75, 3.05) is 17.2 Å². The number of anilines is 2. The van der Waals surface area contributed by atoms with Gasteiger partial charge in [0.05, 0.1) is 5.51 Å². The predicted octanol–water partition coefficient (Wildman–Crippen LogP) is 0.779. The van der Waals surface area contributed by atoms with E-state index in [1.165, 1.54) is 11.7 Å². The maximum atomic E-state index is 11.1. The van der Waals surface area contributed by atoms with Crippen molar-refractivity contribution in [1.82, 2.24) is 9.97 Å². The highest BCUT2D eigenvalue weighted by Crippen LogP contribution is 2.19. The van der Waals surface area contributed by atoms with Gasteiger partial charge in [0.25, 0.3) is 5.91 Å². The third-order valence-corrected chi connectivity index (χ3v) is 3.27. The monoisotopic (exact) mass is 308 g/mol. The van der Waals surface area contributed by atoms with Crippen LogP contribution in [0.2, 0.25) is 0 Å². The maximum Gasteiger partial charge on any atom is 0.349 e. The van der Waals surface area contributed by atoms with Gasteiger partial charge < -0.3 is 20.8 Å². The van der Waals surface area contributed by atoms with E-state index >= 15 is 0 Å². The van der Waals surface area contributed by atoms with Gasteiger partial charge in [0.2, 0.25) is 0 Å². The fourth-order valence-electron chi connectivity index (χ4n) is 1.54. The second-order valence-electron chi connectivity index (χ2n) is 3.94. The summed E-state index contributed by atoms with van der Waals surface area (Å²) in [4.78, 5) is 30.0. The number of aromatic nitrogens is 2. The number of nitrogens with zero attached hydrogens (tertiary/aromatic N) is 2. The summed E-state index contributed by atoms with van der Waals surface area (Å²) >= 11 is 1.04. The molecule has 0 saturated carbocycles. The molecule has 0 aromatic carbocycles. The minimum Gasteiger partial charge on any atom is -0.477 e. The van der Waals surface area contributed by atoms with Crippen LogP contribution >= 0.6 is 11.3 Å². The van der Waals surface area contributed by atoms with Crippen LogP contribution in [-0.4, -0.2) is 38.7 Å². The van der Waals surface area contributed by atoms with Crippen molar-refractivity contribution in [1.29, 1.82) is 0 Å². The highest BCUT2D eigenvalue weighted by atomic mass is 32.1. The van der Waals surface area contributed by atoms with Gasteiger partial charge in [0.1, 0.15) is 12.4 Å². The number of carbonyl (C=O) groups is 2. The molecular formula is C12H12N4O4S. The maximum absolute atomic E-state index is 11.1. The van der Waals surface area contributed by atoms with Gasteiger partial charge >= 0.3 is 5.97 Å². The quantitative estimate of drug-likeness (QED) is 0.621. The average Bonchev–Trinajstić information content (AvgIpc) is 2.94. The standard InChI is InChI=1S/C12H12N4O4S/c17-5-9(18)16-8-3-7(1-2-13-8)4-14-11-10(12(19)20)21-6-15-11/h1-3,6,14,17H,4-5H2,(H,19,20)(H,13,16,18). The lowest BCUT2D eigenvalue weighted by Crippen LogP contribution is -2.16. The minimum atomic E-state index is -1.04. The van der Waals surface area contributed by atoms with Crippen LogP contribution in [0.4, 0.5) is 11.6 Å². The molecule has 0 unspecified atom stereocenters. The molecule has 8 nitrogen and oxygen atoms in total. The van der Waals surface area contributed by atoms with Crippen LogP contribution in [0.1, 0.15) is 15.2 Å². The van der Waals surface area contributed by atoms with Gasteiger partial charge in [0, 0.05) is 12.7 Å². The Morgan fingerprint density at radius 3 is 2.86 bits per heavy atom. The smallest absolute Gasteiger partial charge is 0.349 e. The van der Waals surface area contributed by atoms with Crippen molar-refractivity contribution in [3.05, 3.63) is 34.3 Å². The van der Waals surface area contributed by atoms with Crippen LogP contribution in [-0.2, 0) is 11.3 Å². The molecule has 0 radical (unpaired) electrons. The molecule has 4 N–H and O–H groups in total. The van der Waals surface area contributed by atoms with Gasteiger partial charge in [0.15, 0.2) is 10.7 Å². The van der Waals surface area contributed by atoms with Crippen LogP contribution < -0.4 is 10.6 Å². The van der Waals surface area contributed by atoms with E-state index in [1.54, 1.807) is 12.1 Å². The summed E-state index contributed by atoms with van der Waals surface area (Å²) < 4.78 is 0. The first-order valence-corrected chi connectivity index (χ1v) is 6.74. The van der Waals surface area contributed by atoms with Crippen molar-refractivity contribution in [2.24, 2.45) is 0 Å². The van der Waals surface area contributed by atoms with Crippen LogP contribution in [0.25, 0.3) is 0 Å². The van der Waals surface area contributed by atoms with Gasteiger partial charge in [-0.15, -0.1) is 11.3 Å². The highest BCUT2D eigenvalue weighted by Gasteiger charge is 2.13. The lowest BCUT2D eigenvalue weighted by atomic mass is 10.2. The molecule has 21 heavy (non-hydrogen) atoms. The Bertz CT molecular complexity index is 658. The van der Waals surface area contributed by atoms with E-state index in [0.717, 1.165) is 16.9 Å². The van der Waals surface area contributed by atoms with E-state index in [-0.39, 0.29) is 4.88 Å². The van der Waals surface area contributed by atoms with Crippen LogP contribution in [0.5, 0.6) is 0 Å². The normalized spacial score (nSPS) is 10.1. The molecule has 0 atom stereocenters. The number of aliphatic hydroxyl groups excluding tert-OH is 1. The molecule has 1 amide bonds. The molecule has 2 aromatic rings. The van der Waals surface area contributed by atoms with Crippen LogP contribution in [0.15, 0.2) is 23.8 Å². The molecule has 0 fully saturated rings. The van der Waals surface area contributed by atoms with E-state index in [4.69, 9.17) is 10.2 Å².